The predicted octanol–water partition coefficient (Wildman–Crippen LogP) is 2.30. The molecule has 0 saturated carbocycles. The topological polar surface area (TPSA) is 133 Å². The Labute approximate surface area is 212 Å². The average Bonchev–Trinajstić information content (AvgIpc) is 3.32. The zero-order valence-electron chi connectivity index (χ0n) is 19.2. The van der Waals surface area contributed by atoms with E-state index in [1.54, 1.807) is 18.3 Å². The van der Waals surface area contributed by atoms with Crippen LogP contribution in [0.3, 0.4) is 0 Å². The summed E-state index contributed by atoms with van der Waals surface area (Å²) in [5.74, 6) is 1.10. The molecule has 10 nitrogen and oxygen atoms in total. The van der Waals surface area contributed by atoms with Crippen LogP contribution < -0.4 is 15.4 Å². The molecule has 0 saturated heterocycles. The van der Waals surface area contributed by atoms with Crippen LogP contribution in [0.4, 0.5) is 5.69 Å². The maximum Gasteiger partial charge on any atom is 0.290 e. The molecular weight excluding hydrogens is 484 g/mol. The summed E-state index contributed by atoms with van der Waals surface area (Å²) in [5, 5.41) is 26.0. The summed E-state index contributed by atoms with van der Waals surface area (Å²) in [7, 11) is 0. The highest BCUT2D eigenvalue weighted by atomic mass is 35.5. The number of fused-ring (bicyclic) bond motifs is 1. The third-order valence-electron chi connectivity index (χ3n) is 5.91. The molecule has 2 unspecified atom stereocenters. The lowest BCUT2D eigenvalue weighted by Crippen LogP contribution is -2.37. The Morgan fingerprint density at radius 1 is 1.17 bits per heavy atom. The van der Waals surface area contributed by atoms with E-state index in [1.165, 1.54) is 6.34 Å². The molecule has 0 amide bonds. The standard InChI is InChI=1S/C25H25ClN6O4/c26-20-10-17(5-7-22(20)35-11-18-3-1-2-8-27-18)30-23-19-9-16(4-6-21(19)28-15-29-23)31-24-32-25(12-33,13-34)14-36-24/h1-10,15,19,21,33-34H,11-14H2,(H,31,32)(H,28,29,30). The number of anilines is 1. The van der Waals surface area contributed by atoms with E-state index in [4.69, 9.17) is 21.1 Å². The number of pyridine rings is 1. The van der Waals surface area contributed by atoms with E-state index >= 15 is 0 Å². The number of aliphatic hydroxyl groups excluding tert-OH is 2. The average molecular weight is 509 g/mol. The van der Waals surface area contributed by atoms with Crippen molar-refractivity contribution in [2.24, 2.45) is 20.9 Å². The molecule has 3 heterocycles. The van der Waals surface area contributed by atoms with Gasteiger partial charge in [0, 0.05) is 17.6 Å². The van der Waals surface area contributed by atoms with Gasteiger partial charge in [0.1, 0.15) is 36.7 Å². The number of rotatable bonds is 7. The molecule has 2 aromatic rings. The smallest absolute Gasteiger partial charge is 0.290 e. The maximum absolute atomic E-state index is 9.52. The first-order chi connectivity index (χ1) is 17.6. The fourth-order valence-electron chi connectivity index (χ4n) is 3.87. The summed E-state index contributed by atoms with van der Waals surface area (Å²) in [6.45, 7) is -0.190. The van der Waals surface area contributed by atoms with Crippen LogP contribution in [0.5, 0.6) is 5.75 Å². The van der Waals surface area contributed by atoms with Gasteiger partial charge in [-0.25, -0.2) is 9.98 Å². The van der Waals surface area contributed by atoms with E-state index in [9.17, 15) is 10.2 Å². The fraction of sp³-hybridized carbons (Fsp3) is 0.280. The molecule has 0 spiro atoms. The van der Waals surface area contributed by atoms with Crippen LogP contribution in [0.25, 0.3) is 0 Å². The van der Waals surface area contributed by atoms with Crippen molar-refractivity contribution in [3.63, 3.8) is 0 Å². The van der Waals surface area contributed by atoms with E-state index in [2.05, 4.69) is 30.6 Å². The summed E-state index contributed by atoms with van der Waals surface area (Å²) < 4.78 is 11.3. The van der Waals surface area contributed by atoms with Crippen molar-refractivity contribution >= 4 is 35.5 Å². The second-order valence-electron chi connectivity index (χ2n) is 8.53. The van der Waals surface area contributed by atoms with Crippen molar-refractivity contribution in [3.8, 4) is 5.75 Å². The summed E-state index contributed by atoms with van der Waals surface area (Å²) in [4.78, 5) is 17.4. The number of amidine groups is 2. The van der Waals surface area contributed by atoms with Crippen molar-refractivity contribution in [2.45, 2.75) is 18.2 Å². The van der Waals surface area contributed by atoms with Crippen molar-refractivity contribution in [2.75, 3.05) is 25.1 Å². The lowest BCUT2D eigenvalue weighted by Gasteiger charge is -2.27. The van der Waals surface area contributed by atoms with E-state index in [-0.39, 0.29) is 37.8 Å². The normalized spacial score (nSPS) is 21.6. The number of aromatic nitrogens is 1. The number of aliphatic imine (C=N–C) groups is 3. The van der Waals surface area contributed by atoms with E-state index < -0.39 is 5.54 Å². The van der Waals surface area contributed by atoms with Gasteiger partial charge in [-0.05, 0) is 42.5 Å². The number of ether oxygens (including phenoxy) is 2. The number of halogens is 1. The van der Waals surface area contributed by atoms with Crippen molar-refractivity contribution < 1.29 is 19.7 Å². The zero-order valence-corrected chi connectivity index (χ0v) is 20.0. The molecule has 0 fully saturated rings. The summed E-state index contributed by atoms with van der Waals surface area (Å²) in [5.41, 5.74) is 1.28. The fourth-order valence-corrected chi connectivity index (χ4v) is 4.11. The Kier molecular flexibility index (Phi) is 6.99. The molecule has 11 heteroatoms. The van der Waals surface area contributed by atoms with Gasteiger partial charge in [0.15, 0.2) is 0 Å². The minimum absolute atomic E-state index is 0.103. The molecule has 2 aliphatic heterocycles. The Balaban J connectivity index is 1.26. The second-order valence-corrected chi connectivity index (χ2v) is 8.93. The van der Waals surface area contributed by atoms with Gasteiger partial charge in [-0.15, -0.1) is 0 Å². The number of benzene rings is 1. The number of hydrogen-bond donors (Lipinski definition) is 4. The molecule has 4 N–H and O–H groups in total. The molecule has 1 aromatic heterocycles. The zero-order chi connectivity index (χ0) is 25.0. The maximum atomic E-state index is 9.52. The van der Waals surface area contributed by atoms with Gasteiger partial charge in [-0.1, -0.05) is 23.7 Å². The van der Waals surface area contributed by atoms with Crippen LogP contribution in [0.1, 0.15) is 5.69 Å². The van der Waals surface area contributed by atoms with Crippen LogP contribution in [-0.2, 0) is 11.3 Å². The third-order valence-corrected chi connectivity index (χ3v) is 6.21. The van der Waals surface area contributed by atoms with E-state index in [1.807, 2.05) is 42.5 Å². The SMILES string of the molecule is OCC1(CO)COC(NC2=CC3C(Nc4ccc(OCc5ccccn5)c(Cl)c4)=NC=NC3C=C2)=N1. The predicted molar refractivity (Wildman–Crippen MR) is 137 cm³/mol. The first kappa shape index (κ1) is 24.0. The number of nitrogens with one attached hydrogen (secondary N) is 2. The number of hydrogen-bond acceptors (Lipinski definition) is 10. The van der Waals surface area contributed by atoms with E-state index in [0.29, 0.717) is 23.2 Å². The minimum atomic E-state index is -1.03. The summed E-state index contributed by atoms with van der Waals surface area (Å²) in [6.07, 6.45) is 9.07. The largest absolute Gasteiger partial charge is 0.486 e. The van der Waals surface area contributed by atoms with Crippen LogP contribution in [0.2, 0.25) is 5.02 Å². The Bertz CT molecular complexity index is 1260. The van der Waals surface area contributed by atoms with Gasteiger partial charge in [-0.2, -0.15) is 0 Å². The molecule has 0 bridgehead atoms. The Morgan fingerprint density at radius 3 is 2.81 bits per heavy atom. The van der Waals surface area contributed by atoms with Crippen LogP contribution in [-0.4, -0.2) is 64.8 Å². The van der Waals surface area contributed by atoms with Gasteiger partial charge < -0.3 is 30.3 Å². The monoisotopic (exact) mass is 508 g/mol. The highest BCUT2D eigenvalue weighted by Gasteiger charge is 2.36. The molecule has 0 radical (unpaired) electrons. The Morgan fingerprint density at radius 2 is 2.06 bits per heavy atom. The minimum Gasteiger partial charge on any atom is -0.486 e. The first-order valence-electron chi connectivity index (χ1n) is 11.4. The molecule has 186 valence electrons. The number of aliphatic hydroxyl groups is 2. The highest BCUT2D eigenvalue weighted by Crippen LogP contribution is 2.30. The molecule has 3 aliphatic rings. The van der Waals surface area contributed by atoms with Crippen LogP contribution in [0, 0.1) is 5.92 Å². The molecule has 1 aromatic carbocycles. The molecule has 5 rings (SSSR count). The lowest BCUT2D eigenvalue weighted by molar-refractivity contribution is 0.0971. The second kappa shape index (κ2) is 10.5. The van der Waals surface area contributed by atoms with Gasteiger partial charge in [0.2, 0.25) is 0 Å². The molecule has 36 heavy (non-hydrogen) atoms. The first-order valence-corrected chi connectivity index (χ1v) is 11.8. The van der Waals surface area contributed by atoms with Crippen molar-refractivity contribution in [1.82, 2.24) is 10.3 Å². The van der Waals surface area contributed by atoms with Crippen molar-refractivity contribution in [1.29, 1.82) is 0 Å². The summed E-state index contributed by atoms with van der Waals surface area (Å²) in [6, 6.07) is 11.2. The van der Waals surface area contributed by atoms with Crippen LogP contribution in [0.15, 0.2) is 81.5 Å². The molecular formula is C25H25ClN6O4. The van der Waals surface area contributed by atoms with Gasteiger partial charge in [0.25, 0.3) is 6.02 Å². The number of nitrogens with zero attached hydrogens (tertiary/aromatic N) is 4. The van der Waals surface area contributed by atoms with Gasteiger partial charge in [0.05, 0.1) is 35.9 Å². The lowest BCUT2D eigenvalue weighted by atomic mass is 9.92. The highest BCUT2D eigenvalue weighted by molar-refractivity contribution is 6.32. The third kappa shape index (κ3) is 5.25. The van der Waals surface area contributed by atoms with Crippen molar-refractivity contribution in [3.05, 3.63) is 77.2 Å². The molecule has 1 aliphatic carbocycles. The summed E-state index contributed by atoms with van der Waals surface area (Å²) >= 11 is 6.47. The van der Waals surface area contributed by atoms with Crippen LogP contribution >= 0.6 is 11.6 Å². The van der Waals surface area contributed by atoms with E-state index in [0.717, 1.165) is 17.1 Å². The quantitative estimate of drug-likeness (QED) is 0.451. The van der Waals surface area contributed by atoms with Gasteiger partial charge >= 0.3 is 0 Å². The molecule has 2 atom stereocenters. The van der Waals surface area contributed by atoms with Gasteiger partial charge in [-0.3, -0.25) is 9.98 Å². The number of allylic oxidation sites excluding steroid dienone is 1. The Hall–Kier alpha value is -3.73.